The van der Waals surface area contributed by atoms with Crippen molar-refractivity contribution in [3.63, 3.8) is 0 Å². The molecule has 1 aromatic carbocycles. The highest BCUT2D eigenvalue weighted by Crippen LogP contribution is 2.29. The van der Waals surface area contributed by atoms with Crippen LogP contribution in [0.5, 0.6) is 0 Å². The Kier molecular flexibility index (Phi) is 4.45. The molecule has 0 unspecified atom stereocenters. The van der Waals surface area contributed by atoms with E-state index in [0.29, 0.717) is 0 Å². The normalized spacial score (nSPS) is 10.2. The predicted molar refractivity (Wildman–Crippen MR) is 57.7 cm³/mol. The summed E-state index contributed by atoms with van der Waals surface area (Å²) >= 11 is 5.77. The van der Waals surface area contributed by atoms with Gasteiger partial charge in [0.15, 0.2) is 0 Å². The van der Waals surface area contributed by atoms with Crippen LogP contribution in [0, 0.1) is 5.82 Å². The van der Waals surface area contributed by atoms with E-state index in [2.05, 4.69) is 0 Å². The van der Waals surface area contributed by atoms with Crippen molar-refractivity contribution in [1.29, 1.82) is 0 Å². The third kappa shape index (κ3) is 3.71. The Morgan fingerprint density at radius 1 is 1.24 bits per heavy atom. The minimum absolute atomic E-state index is 0.0116. The first-order chi connectivity index (χ1) is 7.91. The highest BCUT2D eigenvalue weighted by atomic mass is 35.5. The predicted octanol–water partition coefficient (Wildman–Crippen LogP) is 2.60. The number of hydrogen-bond acceptors (Lipinski definition) is 4. The molecule has 0 aliphatic heterocycles. The molecule has 0 amide bonds. The second-order valence-corrected chi connectivity index (χ2v) is 3.59. The molecule has 0 spiro atoms. The van der Waals surface area contributed by atoms with E-state index in [-0.39, 0.29) is 10.6 Å². The fourth-order valence-corrected chi connectivity index (χ4v) is 1.43. The third-order valence-corrected chi connectivity index (χ3v) is 2.11. The molecule has 4 nitrogen and oxygen atoms in total. The van der Waals surface area contributed by atoms with E-state index in [1.165, 1.54) is 12.1 Å². The van der Waals surface area contributed by atoms with Crippen molar-refractivity contribution in [2.75, 3.05) is 0 Å². The number of esters is 2. The van der Waals surface area contributed by atoms with Crippen molar-refractivity contribution in [2.45, 2.75) is 20.1 Å². The number of halogens is 2. The molecule has 92 valence electrons. The maximum atomic E-state index is 13.5. The van der Waals surface area contributed by atoms with E-state index < -0.39 is 24.0 Å². The van der Waals surface area contributed by atoms with Gasteiger partial charge in [-0.3, -0.25) is 9.59 Å². The van der Waals surface area contributed by atoms with Gasteiger partial charge in [-0.1, -0.05) is 17.7 Å². The van der Waals surface area contributed by atoms with Crippen molar-refractivity contribution in [1.82, 2.24) is 0 Å². The molecule has 1 aromatic rings. The second-order valence-electron chi connectivity index (χ2n) is 3.19. The first kappa shape index (κ1) is 13.4. The van der Waals surface area contributed by atoms with Crippen LogP contribution in [0.2, 0.25) is 5.02 Å². The highest BCUT2D eigenvalue weighted by molar-refractivity contribution is 6.31. The summed E-state index contributed by atoms with van der Waals surface area (Å²) in [6.45, 7) is 2.23. The molecule has 0 radical (unpaired) electrons. The van der Waals surface area contributed by atoms with Crippen LogP contribution in [0.1, 0.15) is 25.7 Å². The molecule has 0 saturated carbocycles. The molecule has 0 saturated heterocycles. The maximum absolute atomic E-state index is 13.5. The van der Waals surface area contributed by atoms with Crippen LogP contribution in [0.3, 0.4) is 0 Å². The van der Waals surface area contributed by atoms with Gasteiger partial charge in [0.05, 0.1) is 10.6 Å². The molecule has 1 rings (SSSR count). The quantitative estimate of drug-likeness (QED) is 0.619. The molecule has 0 atom stereocenters. The van der Waals surface area contributed by atoms with E-state index in [9.17, 15) is 14.0 Å². The van der Waals surface area contributed by atoms with Gasteiger partial charge in [-0.2, -0.15) is 0 Å². The van der Waals surface area contributed by atoms with E-state index in [4.69, 9.17) is 21.1 Å². The highest BCUT2D eigenvalue weighted by Gasteiger charge is 2.24. The van der Waals surface area contributed by atoms with E-state index >= 15 is 0 Å². The van der Waals surface area contributed by atoms with Gasteiger partial charge in [0.2, 0.25) is 0 Å². The average Bonchev–Trinajstić information content (AvgIpc) is 2.14. The van der Waals surface area contributed by atoms with Gasteiger partial charge in [0.1, 0.15) is 5.82 Å². The molecule has 0 bridgehead atoms. The van der Waals surface area contributed by atoms with Crippen LogP contribution in [-0.2, 0) is 19.1 Å². The lowest BCUT2D eigenvalue weighted by molar-refractivity contribution is -0.186. The standard InChI is InChI=1S/C11H10ClFO4/c1-6(14)16-11(17-7(2)15)10-8(12)4-3-5-9(10)13/h3-5,11H,1-2H3. The van der Waals surface area contributed by atoms with Crippen molar-refractivity contribution >= 4 is 23.5 Å². The zero-order valence-electron chi connectivity index (χ0n) is 9.20. The van der Waals surface area contributed by atoms with Crippen LogP contribution >= 0.6 is 11.6 Å². The summed E-state index contributed by atoms with van der Waals surface area (Å²) in [5.41, 5.74) is -0.181. The molecular weight excluding hydrogens is 251 g/mol. The summed E-state index contributed by atoms with van der Waals surface area (Å²) in [7, 11) is 0. The van der Waals surface area contributed by atoms with Gasteiger partial charge in [-0.15, -0.1) is 0 Å². The lowest BCUT2D eigenvalue weighted by Gasteiger charge is -2.18. The van der Waals surface area contributed by atoms with Gasteiger partial charge in [0, 0.05) is 13.8 Å². The number of rotatable bonds is 3. The Bertz CT molecular complexity index is 411. The van der Waals surface area contributed by atoms with Crippen LogP contribution < -0.4 is 0 Å². The number of benzene rings is 1. The average molecular weight is 261 g/mol. The Hall–Kier alpha value is -1.62. The zero-order chi connectivity index (χ0) is 13.0. The van der Waals surface area contributed by atoms with Crippen molar-refractivity contribution in [3.8, 4) is 0 Å². The molecule has 0 aliphatic carbocycles. The van der Waals surface area contributed by atoms with Crippen LogP contribution in [-0.4, -0.2) is 11.9 Å². The second kappa shape index (κ2) is 5.63. The zero-order valence-corrected chi connectivity index (χ0v) is 9.95. The summed E-state index contributed by atoms with van der Waals surface area (Å²) in [5.74, 6) is -2.14. The summed E-state index contributed by atoms with van der Waals surface area (Å²) in [6.07, 6.45) is -1.47. The molecule has 0 N–H and O–H groups in total. The summed E-state index contributed by atoms with van der Waals surface area (Å²) in [4.78, 5) is 21.7. The van der Waals surface area contributed by atoms with Gasteiger partial charge in [-0.25, -0.2) is 4.39 Å². The molecule has 0 heterocycles. The van der Waals surface area contributed by atoms with Gasteiger partial charge >= 0.3 is 11.9 Å². The summed E-state index contributed by atoms with van der Waals surface area (Å²) in [6, 6.07) is 3.92. The Labute approximate surface area is 102 Å². The number of carbonyl (C=O) groups excluding carboxylic acids is 2. The van der Waals surface area contributed by atoms with Crippen LogP contribution in [0.15, 0.2) is 18.2 Å². The minimum atomic E-state index is -1.47. The molecule has 0 aliphatic rings. The van der Waals surface area contributed by atoms with Crippen LogP contribution in [0.4, 0.5) is 4.39 Å². The Morgan fingerprint density at radius 2 is 1.76 bits per heavy atom. The van der Waals surface area contributed by atoms with Crippen LogP contribution in [0.25, 0.3) is 0 Å². The summed E-state index contributed by atoms with van der Waals surface area (Å²) in [5, 5.41) is 0.0116. The number of ether oxygens (including phenoxy) is 2. The van der Waals surface area contributed by atoms with Crippen molar-refractivity contribution in [2.24, 2.45) is 0 Å². The molecular formula is C11H10ClFO4. The van der Waals surface area contributed by atoms with Gasteiger partial charge < -0.3 is 9.47 Å². The topological polar surface area (TPSA) is 52.6 Å². The fraction of sp³-hybridized carbons (Fsp3) is 0.273. The first-order valence-corrected chi connectivity index (χ1v) is 5.08. The minimum Gasteiger partial charge on any atom is -0.421 e. The van der Waals surface area contributed by atoms with E-state index in [1.807, 2.05) is 0 Å². The molecule has 0 aromatic heterocycles. The first-order valence-electron chi connectivity index (χ1n) is 4.70. The largest absolute Gasteiger partial charge is 0.421 e. The number of hydrogen-bond donors (Lipinski definition) is 0. The van der Waals surface area contributed by atoms with Gasteiger partial charge in [-0.05, 0) is 12.1 Å². The van der Waals surface area contributed by atoms with Crippen molar-refractivity contribution < 1.29 is 23.5 Å². The lowest BCUT2D eigenvalue weighted by atomic mass is 10.2. The third-order valence-electron chi connectivity index (χ3n) is 1.78. The molecule has 6 heteroatoms. The van der Waals surface area contributed by atoms with Gasteiger partial charge in [0.25, 0.3) is 6.29 Å². The summed E-state index contributed by atoms with van der Waals surface area (Å²) < 4.78 is 22.9. The SMILES string of the molecule is CC(=O)OC(OC(C)=O)c1c(F)cccc1Cl. The molecule has 17 heavy (non-hydrogen) atoms. The number of carbonyl (C=O) groups is 2. The maximum Gasteiger partial charge on any atom is 0.305 e. The monoisotopic (exact) mass is 260 g/mol. The molecule has 0 fully saturated rings. The Balaban J connectivity index is 3.11. The fourth-order valence-electron chi connectivity index (χ4n) is 1.18. The smallest absolute Gasteiger partial charge is 0.305 e. The lowest BCUT2D eigenvalue weighted by Crippen LogP contribution is -2.16. The van der Waals surface area contributed by atoms with E-state index in [1.54, 1.807) is 0 Å². The van der Waals surface area contributed by atoms with E-state index in [0.717, 1.165) is 19.9 Å². The van der Waals surface area contributed by atoms with Crippen molar-refractivity contribution in [3.05, 3.63) is 34.6 Å². The Morgan fingerprint density at radius 3 is 2.18 bits per heavy atom.